The van der Waals surface area contributed by atoms with Crippen LogP contribution in [-0.4, -0.2) is 20.4 Å². The van der Waals surface area contributed by atoms with E-state index in [9.17, 15) is 18.0 Å². The van der Waals surface area contributed by atoms with Crippen molar-refractivity contribution < 1.29 is 13.2 Å². The van der Waals surface area contributed by atoms with Crippen LogP contribution in [0.15, 0.2) is 64.5 Å². The Bertz CT molecular complexity index is 1510. The molecule has 5 rings (SSSR count). The predicted molar refractivity (Wildman–Crippen MR) is 135 cm³/mol. The average Bonchev–Trinajstić information content (AvgIpc) is 3.16. The maximum atomic E-state index is 13.4. The van der Waals surface area contributed by atoms with Crippen molar-refractivity contribution in [1.29, 1.82) is 0 Å². The molecule has 2 aromatic carbocycles. The van der Waals surface area contributed by atoms with E-state index >= 15 is 0 Å². The van der Waals surface area contributed by atoms with E-state index < -0.39 is 17.3 Å². The summed E-state index contributed by atoms with van der Waals surface area (Å²) in [5, 5.41) is 4.82. The van der Waals surface area contributed by atoms with Crippen molar-refractivity contribution in [2.45, 2.75) is 58.2 Å². The lowest BCUT2D eigenvalue weighted by atomic mass is 9.95. The molecule has 0 N–H and O–H groups in total. The van der Waals surface area contributed by atoms with Crippen LogP contribution in [0.25, 0.3) is 22.3 Å². The molecule has 0 atom stereocenters. The van der Waals surface area contributed by atoms with Crippen LogP contribution in [0, 0.1) is 13.8 Å². The smallest absolute Gasteiger partial charge is 0.345 e. The number of alkyl halides is 3. The van der Waals surface area contributed by atoms with Crippen LogP contribution < -0.4 is 5.56 Å². The lowest BCUT2D eigenvalue weighted by molar-refractivity contribution is -0.137. The molecule has 0 radical (unpaired) electrons. The second-order valence-corrected chi connectivity index (χ2v) is 9.38. The quantitative estimate of drug-likeness (QED) is 0.291. The lowest BCUT2D eigenvalue weighted by Crippen LogP contribution is -2.20. The summed E-state index contributed by atoms with van der Waals surface area (Å²) in [5.74, 6) is 0.0575. The molecule has 4 aromatic rings. The Balaban J connectivity index is 1.64. The van der Waals surface area contributed by atoms with Crippen molar-refractivity contribution >= 4 is 17.1 Å². The SMILES string of the molecule is Cc1cc(C=Nn2c(-c3cccc(C(F)(F)F)c3)nc3ccccc3c2=O)c(C)n1C1CCCCC1. The van der Waals surface area contributed by atoms with Crippen molar-refractivity contribution in [3.05, 3.63) is 87.5 Å². The number of halogens is 3. The Hall–Kier alpha value is -3.68. The lowest BCUT2D eigenvalue weighted by Gasteiger charge is -2.26. The number of aromatic nitrogens is 3. The second kappa shape index (κ2) is 9.41. The highest BCUT2D eigenvalue weighted by Crippen LogP contribution is 2.33. The third-order valence-corrected chi connectivity index (χ3v) is 6.98. The number of para-hydroxylation sites is 1. The Morgan fingerprint density at radius 2 is 1.75 bits per heavy atom. The summed E-state index contributed by atoms with van der Waals surface area (Å²) in [6, 6.07) is 14.1. The fourth-order valence-electron chi connectivity index (χ4n) is 5.21. The molecule has 8 heteroatoms. The molecule has 2 aromatic heterocycles. The van der Waals surface area contributed by atoms with E-state index in [1.165, 1.54) is 31.4 Å². The molecule has 36 heavy (non-hydrogen) atoms. The van der Waals surface area contributed by atoms with Crippen molar-refractivity contribution in [3.63, 3.8) is 0 Å². The molecule has 1 saturated carbocycles. The number of benzene rings is 2. The van der Waals surface area contributed by atoms with E-state index in [0.717, 1.165) is 46.6 Å². The minimum atomic E-state index is -4.52. The van der Waals surface area contributed by atoms with Gasteiger partial charge in [-0.1, -0.05) is 43.5 Å². The summed E-state index contributed by atoms with van der Waals surface area (Å²) >= 11 is 0. The van der Waals surface area contributed by atoms with Gasteiger partial charge in [0.1, 0.15) is 0 Å². The topological polar surface area (TPSA) is 52.2 Å². The molecule has 186 valence electrons. The van der Waals surface area contributed by atoms with Crippen LogP contribution in [0.2, 0.25) is 0 Å². The van der Waals surface area contributed by atoms with Crippen LogP contribution in [0.3, 0.4) is 0 Å². The van der Waals surface area contributed by atoms with Crippen LogP contribution in [0.4, 0.5) is 13.2 Å². The van der Waals surface area contributed by atoms with Gasteiger partial charge < -0.3 is 4.57 Å². The van der Waals surface area contributed by atoms with Crippen LogP contribution >= 0.6 is 0 Å². The third-order valence-electron chi connectivity index (χ3n) is 6.98. The van der Waals surface area contributed by atoms with Gasteiger partial charge in [0.2, 0.25) is 0 Å². The fourth-order valence-corrected chi connectivity index (χ4v) is 5.21. The maximum Gasteiger partial charge on any atom is 0.416 e. The van der Waals surface area contributed by atoms with Gasteiger partial charge in [0.25, 0.3) is 5.56 Å². The van der Waals surface area contributed by atoms with Gasteiger partial charge in [-0.2, -0.15) is 22.9 Å². The molecule has 0 amide bonds. The van der Waals surface area contributed by atoms with Gasteiger partial charge in [0.05, 0.1) is 22.7 Å². The molecular formula is C28H27F3N4O. The highest BCUT2D eigenvalue weighted by atomic mass is 19.4. The number of hydrogen-bond acceptors (Lipinski definition) is 3. The zero-order chi connectivity index (χ0) is 25.4. The molecule has 2 heterocycles. The average molecular weight is 493 g/mol. The Kier molecular flexibility index (Phi) is 6.28. The van der Waals surface area contributed by atoms with Crippen molar-refractivity contribution in [2.24, 2.45) is 5.10 Å². The monoisotopic (exact) mass is 492 g/mol. The zero-order valence-electron chi connectivity index (χ0n) is 20.2. The summed E-state index contributed by atoms with van der Waals surface area (Å²) in [4.78, 5) is 17.9. The number of rotatable bonds is 4. The minimum absolute atomic E-state index is 0.0575. The normalized spacial score (nSPS) is 15.2. The van der Waals surface area contributed by atoms with Gasteiger partial charge in [-0.3, -0.25) is 4.79 Å². The summed E-state index contributed by atoms with van der Waals surface area (Å²) in [7, 11) is 0. The first-order chi connectivity index (χ1) is 17.2. The molecule has 5 nitrogen and oxygen atoms in total. The number of aryl methyl sites for hydroxylation is 1. The minimum Gasteiger partial charge on any atom is -0.345 e. The molecule has 0 aliphatic heterocycles. The molecule has 0 saturated heterocycles. The zero-order valence-corrected chi connectivity index (χ0v) is 20.2. The van der Waals surface area contributed by atoms with Gasteiger partial charge in [-0.15, -0.1) is 0 Å². The Morgan fingerprint density at radius 3 is 2.50 bits per heavy atom. The van der Waals surface area contributed by atoms with Crippen molar-refractivity contribution in [2.75, 3.05) is 0 Å². The summed E-state index contributed by atoms with van der Waals surface area (Å²) in [5.41, 5.74) is 2.37. The number of fused-ring (bicyclic) bond motifs is 1. The third kappa shape index (κ3) is 4.47. The van der Waals surface area contributed by atoms with Gasteiger partial charge in [0.15, 0.2) is 5.82 Å². The highest BCUT2D eigenvalue weighted by molar-refractivity contribution is 5.83. The van der Waals surface area contributed by atoms with E-state index in [4.69, 9.17) is 0 Å². The van der Waals surface area contributed by atoms with Crippen molar-refractivity contribution in [3.8, 4) is 11.4 Å². The molecule has 0 unspecified atom stereocenters. The Morgan fingerprint density at radius 1 is 1.00 bits per heavy atom. The first kappa shape index (κ1) is 24.0. The molecule has 1 fully saturated rings. The molecule has 1 aliphatic rings. The van der Waals surface area contributed by atoms with Gasteiger partial charge in [0, 0.05) is 28.6 Å². The molecule has 0 bridgehead atoms. The van der Waals surface area contributed by atoms with E-state index in [1.807, 2.05) is 13.0 Å². The largest absolute Gasteiger partial charge is 0.416 e. The van der Waals surface area contributed by atoms with E-state index in [0.29, 0.717) is 16.9 Å². The van der Waals surface area contributed by atoms with Gasteiger partial charge in [-0.05, 0) is 57.0 Å². The van der Waals surface area contributed by atoms with E-state index in [2.05, 4.69) is 21.6 Å². The molecule has 0 spiro atoms. The van der Waals surface area contributed by atoms with Gasteiger partial charge in [-0.25, -0.2) is 4.98 Å². The number of hydrogen-bond donors (Lipinski definition) is 0. The van der Waals surface area contributed by atoms with Crippen LogP contribution in [-0.2, 0) is 6.18 Å². The summed E-state index contributed by atoms with van der Waals surface area (Å²) in [6.45, 7) is 4.11. The summed E-state index contributed by atoms with van der Waals surface area (Å²) in [6.07, 6.45) is 3.06. The molecule has 1 aliphatic carbocycles. The first-order valence-corrected chi connectivity index (χ1v) is 12.2. The van der Waals surface area contributed by atoms with E-state index in [1.54, 1.807) is 30.5 Å². The maximum absolute atomic E-state index is 13.4. The van der Waals surface area contributed by atoms with Gasteiger partial charge >= 0.3 is 6.18 Å². The summed E-state index contributed by atoms with van der Waals surface area (Å²) < 4.78 is 43.7. The fraction of sp³-hybridized carbons (Fsp3) is 0.321. The standard InChI is InChI=1S/C28H27F3N4O/c1-18-15-21(19(2)34(18)23-11-4-3-5-12-23)17-32-35-26(20-9-8-10-22(16-20)28(29,30)31)33-25-14-7-6-13-24(25)27(35)36/h6-10,13-17,23H,3-5,11-12H2,1-2H3. The number of nitrogens with zero attached hydrogens (tertiary/aromatic N) is 4. The highest BCUT2D eigenvalue weighted by Gasteiger charge is 2.31. The van der Waals surface area contributed by atoms with E-state index in [-0.39, 0.29) is 11.4 Å². The van der Waals surface area contributed by atoms with Crippen LogP contribution in [0.1, 0.15) is 60.7 Å². The predicted octanol–water partition coefficient (Wildman–Crippen LogP) is 6.89. The second-order valence-electron chi connectivity index (χ2n) is 9.38. The van der Waals surface area contributed by atoms with Crippen molar-refractivity contribution in [1.82, 2.24) is 14.2 Å². The molecular weight excluding hydrogens is 465 g/mol. The Labute approximate surface area is 206 Å². The van der Waals surface area contributed by atoms with Crippen LogP contribution in [0.5, 0.6) is 0 Å². The first-order valence-electron chi connectivity index (χ1n) is 12.2.